The van der Waals surface area contributed by atoms with E-state index >= 15 is 0 Å². The second kappa shape index (κ2) is 9.89. The molecule has 1 heterocycles. The highest BCUT2D eigenvalue weighted by atomic mass is 16.5. The minimum Gasteiger partial charge on any atom is -0.451 e. The third kappa shape index (κ3) is 5.80. The highest BCUT2D eigenvalue weighted by Crippen LogP contribution is 2.15. The van der Waals surface area contributed by atoms with Crippen LogP contribution in [0.4, 0.5) is 5.69 Å². The van der Waals surface area contributed by atoms with E-state index in [-0.39, 0.29) is 11.6 Å². The van der Waals surface area contributed by atoms with Crippen LogP contribution in [0.2, 0.25) is 0 Å². The lowest BCUT2D eigenvalue weighted by Crippen LogP contribution is -2.28. The number of H-pyrrole nitrogens is 1. The van der Waals surface area contributed by atoms with Gasteiger partial charge in [-0.25, -0.2) is 4.79 Å². The van der Waals surface area contributed by atoms with Crippen molar-refractivity contribution in [2.75, 3.05) is 18.5 Å². The van der Waals surface area contributed by atoms with Gasteiger partial charge in [-0.05, 0) is 36.2 Å². The SMILES string of the molecule is O=C(COC(=O)c1ccc[nH]1)Nc1ccccc1C(=O)NCCc1ccccc1. The molecule has 2 aromatic carbocycles. The summed E-state index contributed by atoms with van der Waals surface area (Å²) in [5.74, 6) is -1.45. The van der Waals surface area contributed by atoms with Crippen molar-refractivity contribution >= 4 is 23.5 Å². The molecule has 2 amide bonds. The van der Waals surface area contributed by atoms with Crippen LogP contribution < -0.4 is 10.6 Å². The molecule has 7 heteroatoms. The molecule has 0 saturated heterocycles. The van der Waals surface area contributed by atoms with Crippen LogP contribution in [0.25, 0.3) is 0 Å². The van der Waals surface area contributed by atoms with Gasteiger partial charge >= 0.3 is 5.97 Å². The summed E-state index contributed by atoms with van der Waals surface area (Å²) >= 11 is 0. The van der Waals surface area contributed by atoms with Crippen molar-refractivity contribution in [2.24, 2.45) is 0 Å². The largest absolute Gasteiger partial charge is 0.451 e. The van der Waals surface area contributed by atoms with E-state index < -0.39 is 18.5 Å². The summed E-state index contributed by atoms with van der Waals surface area (Å²) < 4.78 is 4.95. The van der Waals surface area contributed by atoms with Gasteiger partial charge in [0.1, 0.15) is 5.69 Å². The first-order valence-electron chi connectivity index (χ1n) is 9.15. The average molecular weight is 391 g/mol. The zero-order valence-electron chi connectivity index (χ0n) is 15.7. The summed E-state index contributed by atoms with van der Waals surface area (Å²) in [4.78, 5) is 39.1. The van der Waals surface area contributed by atoms with Gasteiger partial charge in [-0.3, -0.25) is 9.59 Å². The first-order valence-corrected chi connectivity index (χ1v) is 9.15. The Balaban J connectivity index is 1.53. The number of anilines is 1. The van der Waals surface area contributed by atoms with Gasteiger partial charge in [-0.2, -0.15) is 0 Å². The van der Waals surface area contributed by atoms with Gasteiger partial charge in [0.25, 0.3) is 11.8 Å². The predicted molar refractivity (Wildman–Crippen MR) is 109 cm³/mol. The molecule has 0 saturated carbocycles. The van der Waals surface area contributed by atoms with Crippen molar-refractivity contribution in [3.8, 4) is 0 Å². The third-order valence-electron chi connectivity index (χ3n) is 4.14. The number of rotatable bonds is 8. The molecule has 0 radical (unpaired) electrons. The number of esters is 1. The number of carbonyl (C=O) groups is 3. The number of amides is 2. The Bertz CT molecular complexity index is 969. The highest BCUT2D eigenvalue weighted by Gasteiger charge is 2.15. The Morgan fingerprint density at radius 3 is 2.41 bits per heavy atom. The molecule has 0 aliphatic rings. The first-order chi connectivity index (χ1) is 14.1. The van der Waals surface area contributed by atoms with Gasteiger partial charge in [-0.1, -0.05) is 42.5 Å². The van der Waals surface area contributed by atoms with Crippen LogP contribution in [-0.4, -0.2) is 35.9 Å². The van der Waals surface area contributed by atoms with E-state index in [1.54, 1.807) is 42.6 Å². The maximum absolute atomic E-state index is 12.5. The molecule has 1 aromatic heterocycles. The van der Waals surface area contributed by atoms with Crippen molar-refractivity contribution in [3.05, 3.63) is 89.7 Å². The monoisotopic (exact) mass is 391 g/mol. The molecular weight excluding hydrogens is 370 g/mol. The van der Waals surface area contributed by atoms with E-state index in [9.17, 15) is 14.4 Å². The van der Waals surface area contributed by atoms with E-state index in [0.29, 0.717) is 24.2 Å². The molecule has 7 nitrogen and oxygen atoms in total. The molecule has 29 heavy (non-hydrogen) atoms. The van der Waals surface area contributed by atoms with Gasteiger partial charge in [0.05, 0.1) is 11.3 Å². The van der Waals surface area contributed by atoms with E-state index in [0.717, 1.165) is 5.56 Å². The number of hydrogen-bond donors (Lipinski definition) is 3. The molecule has 0 atom stereocenters. The van der Waals surface area contributed by atoms with Crippen LogP contribution in [0, 0.1) is 0 Å². The van der Waals surface area contributed by atoms with Crippen LogP contribution >= 0.6 is 0 Å². The molecule has 0 spiro atoms. The summed E-state index contributed by atoms with van der Waals surface area (Å²) in [6.45, 7) is 0.0146. The standard InChI is InChI=1S/C22H21N3O4/c26-20(15-29-22(28)19-11-6-13-23-19)25-18-10-5-4-9-17(18)21(27)24-14-12-16-7-2-1-3-8-16/h1-11,13,23H,12,14-15H2,(H,24,27)(H,25,26). The molecule has 3 N–H and O–H groups in total. The van der Waals surface area contributed by atoms with Crippen molar-refractivity contribution in [3.63, 3.8) is 0 Å². The summed E-state index contributed by atoms with van der Waals surface area (Å²) in [5, 5.41) is 5.46. The van der Waals surface area contributed by atoms with Crippen LogP contribution in [0.5, 0.6) is 0 Å². The number of carbonyl (C=O) groups excluding carboxylic acids is 3. The summed E-state index contributed by atoms with van der Waals surface area (Å²) in [6.07, 6.45) is 2.29. The van der Waals surface area contributed by atoms with Crippen LogP contribution in [-0.2, 0) is 16.0 Å². The summed E-state index contributed by atoms with van der Waals surface area (Å²) in [5.41, 5.74) is 2.07. The van der Waals surface area contributed by atoms with Gasteiger partial charge in [-0.15, -0.1) is 0 Å². The number of aromatic amines is 1. The number of benzene rings is 2. The smallest absolute Gasteiger partial charge is 0.355 e. The third-order valence-corrected chi connectivity index (χ3v) is 4.14. The molecule has 0 aliphatic heterocycles. The number of hydrogen-bond acceptors (Lipinski definition) is 4. The van der Waals surface area contributed by atoms with Gasteiger partial charge in [0, 0.05) is 12.7 Å². The van der Waals surface area contributed by atoms with E-state index in [1.165, 1.54) is 0 Å². The fourth-order valence-electron chi connectivity index (χ4n) is 2.70. The lowest BCUT2D eigenvalue weighted by atomic mass is 10.1. The maximum atomic E-state index is 12.5. The Labute approximate surface area is 168 Å². The number of para-hydroxylation sites is 1. The topological polar surface area (TPSA) is 100 Å². The summed E-state index contributed by atoms with van der Waals surface area (Å²) in [7, 11) is 0. The van der Waals surface area contributed by atoms with Crippen molar-refractivity contribution < 1.29 is 19.1 Å². The molecule has 3 aromatic rings. The lowest BCUT2D eigenvalue weighted by molar-refractivity contribution is -0.119. The molecule has 0 fully saturated rings. The molecule has 0 bridgehead atoms. The number of nitrogens with one attached hydrogen (secondary N) is 3. The zero-order chi connectivity index (χ0) is 20.5. The van der Waals surface area contributed by atoms with E-state index in [2.05, 4.69) is 15.6 Å². The fourth-order valence-corrected chi connectivity index (χ4v) is 2.70. The molecule has 148 valence electrons. The van der Waals surface area contributed by atoms with Crippen LogP contribution in [0.3, 0.4) is 0 Å². The second-order valence-corrected chi connectivity index (χ2v) is 6.25. The maximum Gasteiger partial charge on any atom is 0.355 e. The fraction of sp³-hybridized carbons (Fsp3) is 0.136. The van der Waals surface area contributed by atoms with Crippen molar-refractivity contribution in [1.29, 1.82) is 0 Å². The average Bonchev–Trinajstić information content (AvgIpc) is 3.28. The number of ether oxygens (including phenoxy) is 1. The zero-order valence-corrected chi connectivity index (χ0v) is 15.7. The van der Waals surface area contributed by atoms with Crippen molar-refractivity contribution in [1.82, 2.24) is 10.3 Å². The summed E-state index contributed by atoms with van der Waals surface area (Å²) in [6, 6.07) is 19.7. The predicted octanol–water partition coefficient (Wildman–Crippen LogP) is 2.78. The van der Waals surface area contributed by atoms with E-state index in [1.807, 2.05) is 30.3 Å². The Morgan fingerprint density at radius 1 is 0.897 bits per heavy atom. The molecule has 0 aliphatic carbocycles. The minimum atomic E-state index is -0.628. The normalized spacial score (nSPS) is 10.2. The molecular formula is C22H21N3O4. The quantitative estimate of drug-likeness (QED) is 0.514. The Morgan fingerprint density at radius 2 is 1.66 bits per heavy atom. The molecule has 3 rings (SSSR count). The van der Waals surface area contributed by atoms with Crippen molar-refractivity contribution in [2.45, 2.75) is 6.42 Å². The molecule has 0 unspecified atom stereocenters. The van der Waals surface area contributed by atoms with Crippen LogP contribution in [0.15, 0.2) is 72.9 Å². The van der Waals surface area contributed by atoms with Gasteiger partial charge in [0.2, 0.25) is 0 Å². The van der Waals surface area contributed by atoms with E-state index in [4.69, 9.17) is 4.74 Å². The minimum absolute atomic E-state index is 0.260. The Kier molecular flexibility index (Phi) is 6.78. The lowest BCUT2D eigenvalue weighted by Gasteiger charge is -2.11. The Hall–Kier alpha value is -3.87. The second-order valence-electron chi connectivity index (χ2n) is 6.25. The van der Waals surface area contributed by atoms with Gasteiger partial charge < -0.3 is 20.4 Å². The first kappa shape index (κ1) is 19.9. The van der Waals surface area contributed by atoms with Gasteiger partial charge in [0.15, 0.2) is 6.61 Å². The highest BCUT2D eigenvalue weighted by molar-refractivity contribution is 6.04. The van der Waals surface area contributed by atoms with Crippen LogP contribution in [0.1, 0.15) is 26.4 Å². The number of aromatic nitrogens is 1.